The lowest BCUT2D eigenvalue weighted by Crippen LogP contribution is -2.30. The fourth-order valence-corrected chi connectivity index (χ4v) is 1.54. The highest BCUT2D eigenvalue weighted by Gasteiger charge is 2.29. The van der Waals surface area contributed by atoms with Crippen molar-refractivity contribution in [2.45, 2.75) is 39.0 Å². The van der Waals surface area contributed by atoms with Gasteiger partial charge in [-0.1, -0.05) is 0 Å². The first-order chi connectivity index (χ1) is 8.19. The number of aryl methyl sites for hydroxylation is 1. The maximum atomic E-state index is 12.1. The van der Waals surface area contributed by atoms with Crippen LogP contribution in [0.2, 0.25) is 0 Å². The van der Waals surface area contributed by atoms with Gasteiger partial charge in [0.25, 0.3) is 0 Å². The first kappa shape index (κ1) is 14.6. The SMILES string of the molecule is Cc1cc(CNC(C)CC(F)(F)F)oc1C(=O)O. The van der Waals surface area contributed by atoms with Crippen molar-refractivity contribution in [2.24, 2.45) is 0 Å². The summed E-state index contributed by atoms with van der Waals surface area (Å²) in [6, 6.07) is 0.736. The van der Waals surface area contributed by atoms with Crippen LogP contribution in [0.1, 0.15) is 35.2 Å². The predicted octanol–water partition coefficient (Wildman–Crippen LogP) is 2.72. The summed E-state index contributed by atoms with van der Waals surface area (Å²) in [5.74, 6) is -1.07. The van der Waals surface area contributed by atoms with Crippen molar-refractivity contribution in [1.29, 1.82) is 0 Å². The molecular formula is C11H14F3NO3. The molecule has 0 radical (unpaired) electrons. The van der Waals surface area contributed by atoms with Crippen LogP contribution in [0.25, 0.3) is 0 Å². The maximum absolute atomic E-state index is 12.1. The third-order valence-electron chi connectivity index (χ3n) is 2.33. The molecule has 1 atom stereocenters. The molecule has 0 aromatic carbocycles. The first-order valence-corrected chi connectivity index (χ1v) is 5.32. The second-order valence-electron chi connectivity index (χ2n) is 4.13. The number of nitrogens with one attached hydrogen (secondary N) is 1. The van der Waals surface area contributed by atoms with E-state index in [1.54, 1.807) is 6.92 Å². The topological polar surface area (TPSA) is 62.5 Å². The van der Waals surface area contributed by atoms with Gasteiger partial charge in [-0.25, -0.2) is 4.79 Å². The Kier molecular flexibility index (Phi) is 4.39. The van der Waals surface area contributed by atoms with E-state index in [0.29, 0.717) is 11.3 Å². The minimum atomic E-state index is -4.22. The van der Waals surface area contributed by atoms with Crippen molar-refractivity contribution in [3.8, 4) is 0 Å². The molecule has 1 aromatic heterocycles. The van der Waals surface area contributed by atoms with Crippen LogP contribution in [-0.4, -0.2) is 23.3 Å². The molecule has 1 unspecified atom stereocenters. The van der Waals surface area contributed by atoms with E-state index in [9.17, 15) is 18.0 Å². The highest BCUT2D eigenvalue weighted by molar-refractivity contribution is 5.86. The standard InChI is InChI=1S/C11H14F3NO3/c1-6-3-8(18-9(6)10(16)17)5-15-7(2)4-11(12,13)14/h3,7,15H,4-5H2,1-2H3,(H,16,17). The van der Waals surface area contributed by atoms with Crippen LogP contribution in [0, 0.1) is 6.92 Å². The minimum absolute atomic E-state index is 0.0609. The summed E-state index contributed by atoms with van der Waals surface area (Å²) < 4.78 is 41.2. The summed E-state index contributed by atoms with van der Waals surface area (Å²) >= 11 is 0. The van der Waals surface area contributed by atoms with E-state index in [2.05, 4.69) is 5.32 Å². The summed E-state index contributed by atoms with van der Waals surface area (Å²) in [6.45, 7) is 3.03. The second-order valence-corrected chi connectivity index (χ2v) is 4.13. The molecule has 1 heterocycles. The fraction of sp³-hybridized carbons (Fsp3) is 0.545. The molecule has 18 heavy (non-hydrogen) atoms. The number of alkyl halides is 3. The molecule has 1 rings (SSSR count). The van der Waals surface area contributed by atoms with E-state index in [1.165, 1.54) is 13.0 Å². The minimum Gasteiger partial charge on any atom is -0.475 e. The predicted molar refractivity (Wildman–Crippen MR) is 57.4 cm³/mol. The van der Waals surface area contributed by atoms with Gasteiger partial charge in [-0.15, -0.1) is 0 Å². The number of halogens is 3. The van der Waals surface area contributed by atoms with Crippen LogP contribution in [0.3, 0.4) is 0 Å². The number of carboxylic acids is 1. The number of hydrogen-bond donors (Lipinski definition) is 2. The fourth-order valence-electron chi connectivity index (χ4n) is 1.54. The van der Waals surface area contributed by atoms with Crippen LogP contribution < -0.4 is 5.32 Å². The molecule has 0 aliphatic rings. The lowest BCUT2D eigenvalue weighted by molar-refractivity contribution is -0.139. The number of carbonyl (C=O) groups is 1. The van der Waals surface area contributed by atoms with Gasteiger partial charge < -0.3 is 14.8 Å². The Morgan fingerprint density at radius 2 is 2.17 bits per heavy atom. The van der Waals surface area contributed by atoms with E-state index < -0.39 is 24.6 Å². The molecule has 7 heteroatoms. The smallest absolute Gasteiger partial charge is 0.390 e. The van der Waals surface area contributed by atoms with Gasteiger partial charge >= 0.3 is 12.1 Å². The average molecular weight is 265 g/mol. The van der Waals surface area contributed by atoms with Gasteiger partial charge in [0.05, 0.1) is 13.0 Å². The van der Waals surface area contributed by atoms with Crippen LogP contribution in [0.5, 0.6) is 0 Å². The lowest BCUT2D eigenvalue weighted by Gasteiger charge is -2.14. The Bertz CT molecular complexity index is 426. The van der Waals surface area contributed by atoms with E-state index in [4.69, 9.17) is 9.52 Å². The van der Waals surface area contributed by atoms with Gasteiger partial charge in [0, 0.05) is 11.6 Å². The molecule has 0 aliphatic carbocycles. The first-order valence-electron chi connectivity index (χ1n) is 5.32. The Hall–Kier alpha value is -1.50. The number of aromatic carboxylic acids is 1. The van der Waals surface area contributed by atoms with E-state index in [-0.39, 0.29) is 12.3 Å². The van der Waals surface area contributed by atoms with Crippen LogP contribution in [0.15, 0.2) is 10.5 Å². The number of hydrogen-bond acceptors (Lipinski definition) is 3. The van der Waals surface area contributed by atoms with Gasteiger partial charge in [-0.3, -0.25) is 0 Å². The van der Waals surface area contributed by atoms with Crippen LogP contribution in [-0.2, 0) is 6.54 Å². The quantitative estimate of drug-likeness (QED) is 0.859. The van der Waals surface area contributed by atoms with Crippen molar-refractivity contribution in [3.05, 3.63) is 23.2 Å². The van der Waals surface area contributed by atoms with E-state index >= 15 is 0 Å². The molecule has 1 aromatic rings. The Balaban J connectivity index is 2.54. The zero-order valence-corrected chi connectivity index (χ0v) is 9.97. The summed E-state index contributed by atoms with van der Waals surface area (Å²) in [5, 5.41) is 11.4. The Labute approximate surface area is 102 Å². The van der Waals surface area contributed by atoms with Crippen molar-refractivity contribution in [3.63, 3.8) is 0 Å². The van der Waals surface area contributed by atoms with Crippen molar-refractivity contribution in [1.82, 2.24) is 5.32 Å². The van der Waals surface area contributed by atoms with Crippen LogP contribution in [0.4, 0.5) is 13.2 Å². The molecule has 4 nitrogen and oxygen atoms in total. The van der Waals surface area contributed by atoms with Gasteiger partial charge in [0.1, 0.15) is 5.76 Å². The zero-order chi connectivity index (χ0) is 13.9. The highest BCUT2D eigenvalue weighted by Crippen LogP contribution is 2.21. The zero-order valence-electron chi connectivity index (χ0n) is 9.97. The average Bonchev–Trinajstić information content (AvgIpc) is 2.54. The van der Waals surface area contributed by atoms with Gasteiger partial charge in [-0.2, -0.15) is 13.2 Å². The molecule has 2 N–H and O–H groups in total. The molecule has 0 aliphatic heterocycles. The molecule has 0 bridgehead atoms. The largest absolute Gasteiger partial charge is 0.475 e. The Morgan fingerprint density at radius 1 is 1.56 bits per heavy atom. The molecule has 0 saturated carbocycles. The summed E-state index contributed by atoms with van der Waals surface area (Å²) in [6.07, 6.45) is -5.17. The molecular weight excluding hydrogens is 251 g/mol. The van der Waals surface area contributed by atoms with Crippen molar-refractivity contribution >= 4 is 5.97 Å². The molecule has 0 amide bonds. The molecule has 0 saturated heterocycles. The number of furan rings is 1. The van der Waals surface area contributed by atoms with Crippen molar-refractivity contribution in [2.75, 3.05) is 0 Å². The number of carboxylic acid groups (broad SMARTS) is 1. The lowest BCUT2D eigenvalue weighted by atomic mass is 10.2. The second kappa shape index (κ2) is 5.43. The summed E-state index contributed by atoms with van der Waals surface area (Å²) in [4.78, 5) is 10.7. The number of rotatable bonds is 5. The van der Waals surface area contributed by atoms with Crippen LogP contribution >= 0.6 is 0 Å². The third kappa shape index (κ3) is 4.40. The summed E-state index contributed by atoms with van der Waals surface area (Å²) in [7, 11) is 0. The van der Waals surface area contributed by atoms with Gasteiger partial charge in [0.2, 0.25) is 5.76 Å². The van der Waals surface area contributed by atoms with Gasteiger partial charge in [-0.05, 0) is 19.9 Å². The van der Waals surface area contributed by atoms with Gasteiger partial charge in [0.15, 0.2) is 0 Å². The molecule has 102 valence electrons. The molecule has 0 spiro atoms. The normalized spacial score (nSPS) is 13.6. The third-order valence-corrected chi connectivity index (χ3v) is 2.33. The van der Waals surface area contributed by atoms with E-state index in [1.807, 2.05) is 0 Å². The monoisotopic (exact) mass is 265 g/mol. The summed E-state index contributed by atoms with van der Waals surface area (Å²) in [5.41, 5.74) is 0.447. The maximum Gasteiger partial charge on any atom is 0.390 e. The Morgan fingerprint density at radius 3 is 2.61 bits per heavy atom. The highest BCUT2D eigenvalue weighted by atomic mass is 19.4. The van der Waals surface area contributed by atoms with Crippen molar-refractivity contribution < 1.29 is 27.5 Å². The van der Waals surface area contributed by atoms with E-state index in [0.717, 1.165) is 0 Å². The molecule has 0 fully saturated rings.